The number of likely N-dealkylation sites (tertiary alicyclic amines) is 1. The summed E-state index contributed by atoms with van der Waals surface area (Å²) < 4.78 is 1.83. The van der Waals surface area contributed by atoms with Gasteiger partial charge in [-0.2, -0.15) is 0 Å². The first-order valence-electron chi connectivity index (χ1n) is 12.7. The van der Waals surface area contributed by atoms with Crippen LogP contribution in [-0.2, 0) is 13.0 Å². The average molecular weight is 437 g/mol. The lowest BCUT2D eigenvalue weighted by molar-refractivity contribution is 0.0326. The number of nitrogens with zero attached hydrogens (tertiary/aromatic N) is 3. The lowest BCUT2D eigenvalue weighted by Crippen LogP contribution is -2.58. The smallest absolute Gasteiger partial charge is 0.261 e. The third-order valence-corrected chi connectivity index (χ3v) is 7.97. The lowest BCUT2D eigenvalue weighted by Gasteiger charge is -2.48. The Labute approximate surface area is 190 Å². The molecular weight excluding hydrogens is 400 g/mol. The molecule has 1 amide bonds. The van der Waals surface area contributed by atoms with Crippen LogP contribution >= 0.6 is 0 Å². The van der Waals surface area contributed by atoms with Crippen molar-refractivity contribution in [1.82, 2.24) is 19.8 Å². The molecule has 32 heavy (non-hydrogen) atoms. The molecule has 0 unspecified atom stereocenters. The molecule has 1 saturated carbocycles. The third kappa shape index (κ3) is 4.21. The number of benzene rings is 1. The molecule has 3 heterocycles. The summed E-state index contributed by atoms with van der Waals surface area (Å²) in [5.41, 5.74) is 1.40. The van der Waals surface area contributed by atoms with Gasteiger partial charge in [-0.25, -0.2) is 4.98 Å². The second-order valence-corrected chi connectivity index (χ2v) is 10.0. The van der Waals surface area contributed by atoms with Gasteiger partial charge in [-0.3, -0.25) is 19.1 Å². The van der Waals surface area contributed by atoms with E-state index in [4.69, 9.17) is 4.98 Å². The number of rotatable bonds is 4. The Morgan fingerprint density at radius 1 is 0.938 bits per heavy atom. The predicted octanol–water partition coefficient (Wildman–Crippen LogP) is 4.04. The molecule has 1 N–H and O–H groups in total. The molecule has 2 fully saturated rings. The predicted molar refractivity (Wildman–Crippen MR) is 127 cm³/mol. The highest BCUT2D eigenvalue weighted by atomic mass is 16.1. The maximum absolute atomic E-state index is 13.1. The van der Waals surface area contributed by atoms with Crippen LogP contribution in [0.2, 0.25) is 0 Å². The highest BCUT2D eigenvalue weighted by molar-refractivity contribution is 5.97. The van der Waals surface area contributed by atoms with Crippen molar-refractivity contribution >= 4 is 16.8 Å². The van der Waals surface area contributed by atoms with E-state index in [0.29, 0.717) is 23.0 Å². The van der Waals surface area contributed by atoms with E-state index >= 15 is 0 Å². The van der Waals surface area contributed by atoms with Crippen LogP contribution in [0.4, 0.5) is 0 Å². The Kier molecular flexibility index (Phi) is 6.31. The molecule has 1 aromatic carbocycles. The second kappa shape index (κ2) is 9.34. The number of aromatic nitrogens is 2. The average Bonchev–Trinajstić information content (AvgIpc) is 3.09. The molecule has 2 aromatic rings. The van der Waals surface area contributed by atoms with Crippen LogP contribution in [0.3, 0.4) is 0 Å². The molecule has 0 atom stereocenters. The number of fused-ring (bicyclic) bond motifs is 2. The van der Waals surface area contributed by atoms with E-state index in [1.54, 1.807) is 12.1 Å². The fourth-order valence-corrected chi connectivity index (χ4v) is 6.09. The SMILES string of the molecule is O=C(NCC1(N2CCCCC2)CCCCC1)c1ccc2c(=O)n3c(nc2c1)CCCCC3. The van der Waals surface area contributed by atoms with Gasteiger partial charge in [0.1, 0.15) is 5.82 Å². The molecule has 6 nitrogen and oxygen atoms in total. The van der Waals surface area contributed by atoms with Crippen LogP contribution in [0.5, 0.6) is 0 Å². The molecule has 0 radical (unpaired) electrons. The minimum Gasteiger partial charge on any atom is -0.350 e. The van der Waals surface area contributed by atoms with Gasteiger partial charge in [0.05, 0.1) is 10.9 Å². The summed E-state index contributed by atoms with van der Waals surface area (Å²) in [5, 5.41) is 3.88. The molecule has 172 valence electrons. The number of hydrogen-bond donors (Lipinski definition) is 1. The summed E-state index contributed by atoms with van der Waals surface area (Å²) in [7, 11) is 0. The lowest BCUT2D eigenvalue weighted by atomic mass is 9.79. The van der Waals surface area contributed by atoms with E-state index in [2.05, 4.69) is 10.2 Å². The van der Waals surface area contributed by atoms with Crippen LogP contribution in [0.1, 0.15) is 86.8 Å². The highest BCUT2D eigenvalue weighted by Gasteiger charge is 2.38. The van der Waals surface area contributed by atoms with Crippen molar-refractivity contribution in [3.05, 3.63) is 39.9 Å². The molecular formula is C26H36N4O2. The third-order valence-electron chi connectivity index (χ3n) is 7.97. The maximum atomic E-state index is 13.1. The van der Waals surface area contributed by atoms with Crippen molar-refractivity contribution in [3.63, 3.8) is 0 Å². The Morgan fingerprint density at radius 2 is 1.66 bits per heavy atom. The molecule has 0 bridgehead atoms. The van der Waals surface area contributed by atoms with Gasteiger partial charge in [0.2, 0.25) is 0 Å². The fraction of sp³-hybridized carbons (Fsp3) is 0.654. The maximum Gasteiger partial charge on any atom is 0.261 e. The van der Waals surface area contributed by atoms with Gasteiger partial charge < -0.3 is 5.32 Å². The molecule has 6 heteroatoms. The summed E-state index contributed by atoms with van der Waals surface area (Å²) in [6.07, 6.45) is 14.1. The van der Waals surface area contributed by atoms with E-state index in [9.17, 15) is 9.59 Å². The summed E-state index contributed by atoms with van der Waals surface area (Å²) in [6.45, 7) is 3.78. The van der Waals surface area contributed by atoms with Crippen LogP contribution < -0.4 is 10.9 Å². The summed E-state index contributed by atoms with van der Waals surface area (Å²) in [4.78, 5) is 33.6. The minimum atomic E-state index is -0.0503. The first-order valence-corrected chi connectivity index (χ1v) is 12.7. The van der Waals surface area contributed by atoms with Gasteiger partial charge in [-0.1, -0.05) is 32.1 Å². The van der Waals surface area contributed by atoms with E-state index in [0.717, 1.165) is 51.1 Å². The molecule has 1 aromatic heterocycles. The molecule has 0 spiro atoms. The number of aryl methyl sites for hydroxylation is 1. The van der Waals surface area contributed by atoms with Gasteiger partial charge in [-0.15, -0.1) is 0 Å². The second-order valence-electron chi connectivity index (χ2n) is 10.0. The van der Waals surface area contributed by atoms with Crippen molar-refractivity contribution in [2.45, 2.75) is 89.1 Å². The largest absolute Gasteiger partial charge is 0.350 e. The zero-order valence-corrected chi connectivity index (χ0v) is 19.2. The van der Waals surface area contributed by atoms with E-state index in [1.807, 2.05) is 10.6 Å². The number of carbonyl (C=O) groups excluding carboxylic acids is 1. The van der Waals surface area contributed by atoms with Gasteiger partial charge in [0.15, 0.2) is 0 Å². The van der Waals surface area contributed by atoms with Gasteiger partial charge in [0, 0.05) is 30.6 Å². The van der Waals surface area contributed by atoms with Crippen molar-refractivity contribution in [2.24, 2.45) is 0 Å². The fourth-order valence-electron chi connectivity index (χ4n) is 6.09. The topological polar surface area (TPSA) is 67.2 Å². The molecule has 1 aliphatic carbocycles. The van der Waals surface area contributed by atoms with Crippen molar-refractivity contribution in [1.29, 1.82) is 0 Å². The first kappa shape index (κ1) is 21.6. The van der Waals surface area contributed by atoms with Crippen molar-refractivity contribution in [2.75, 3.05) is 19.6 Å². The zero-order chi connectivity index (χ0) is 22.0. The number of amides is 1. The molecule has 3 aliphatic rings. The van der Waals surface area contributed by atoms with Crippen molar-refractivity contribution < 1.29 is 4.79 Å². The Bertz CT molecular complexity index is 1030. The number of piperidine rings is 1. The molecule has 1 saturated heterocycles. The summed E-state index contributed by atoms with van der Waals surface area (Å²) in [6, 6.07) is 5.39. The Balaban J connectivity index is 1.36. The number of hydrogen-bond acceptors (Lipinski definition) is 4. The van der Waals surface area contributed by atoms with E-state index in [1.165, 1.54) is 51.4 Å². The molecule has 2 aliphatic heterocycles. The van der Waals surface area contributed by atoms with Crippen LogP contribution in [-0.4, -0.2) is 45.5 Å². The quantitative estimate of drug-likeness (QED) is 0.785. The summed E-state index contributed by atoms with van der Waals surface area (Å²) >= 11 is 0. The van der Waals surface area contributed by atoms with Crippen LogP contribution in [0, 0.1) is 0 Å². The summed E-state index contributed by atoms with van der Waals surface area (Å²) in [5.74, 6) is 0.814. The van der Waals surface area contributed by atoms with Gasteiger partial charge >= 0.3 is 0 Å². The number of nitrogens with one attached hydrogen (secondary N) is 1. The highest BCUT2D eigenvalue weighted by Crippen LogP contribution is 2.35. The van der Waals surface area contributed by atoms with Gasteiger partial charge in [-0.05, 0) is 69.8 Å². The number of carbonyl (C=O) groups is 1. The first-order chi connectivity index (χ1) is 15.7. The standard InChI is InChI=1S/C26H36N4O2/c31-24(27-19-26(13-5-2-6-14-26)29-15-7-3-8-16-29)20-11-12-21-22(18-20)28-23-10-4-1-9-17-30(23)25(21)32/h11-12,18H,1-10,13-17,19H2,(H,27,31). The Morgan fingerprint density at radius 3 is 2.47 bits per heavy atom. The molecule has 5 rings (SSSR count). The van der Waals surface area contributed by atoms with Crippen LogP contribution in [0.15, 0.2) is 23.0 Å². The normalized spacial score (nSPS) is 21.6. The van der Waals surface area contributed by atoms with E-state index < -0.39 is 0 Å². The monoisotopic (exact) mass is 436 g/mol. The van der Waals surface area contributed by atoms with Gasteiger partial charge in [0.25, 0.3) is 11.5 Å². The zero-order valence-electron chi connectivity index (χ0n) is 19.2. The minimum absolute atomic E-state index is 0.0325. The van der Waals surface area contributed by atoms with E-state index in [-0.39, 0.29) is 17.0 Å². The van der Waals surface area contributed by atoms with Crippen LogP contribution in [0.25, 0.3) is 10.9 Å². The Hall–Kier alpha value is -2.21. The van der Waals surface area contributed by atoms with Crippen molar-refractivity contribution in [3.8, 4) is 0 Å².